The van der Waals surface area contributed by atoms with Crippen LogP contribution in [0.25, 0.3) is 0 Å². The molecule has 1 aliphatic heterocycles. The Morgan fingerprint density at radius 3 is 2.11 bits per heavy atom. The second kappa shape index (κ2) is 5.58. The van der Waals surface area contributed by atoms with Gasteiger partial charge in [0, 0.05) is 6.54 Å². The van der Waals surface area contributed by atoms with Crippen molar-refractivity contribution in [3.63, 3.8) is 0 Å². The van der Waals surface area contributed by atoms with Crippen molar-refractivity contribution in [2.24, 2.45) is 0 Å². The van der Waals surface area contributed by atoms with Crippen LogP contribution in [0, 0.1) is 11.3 Å². The fourth-order valence-corrected chi connectivity index (χ4v) is 5.13. The fraction of sp³-hybridized carbons (Fsp3) is 0.923. The molecule has 4 nitrogen and oxygen atoms in total. The lowest BCUT2D eigenvalue weighted by Crippen LogP contribution is -2.54. The molecule has 0 amide bonds. The molecule has 0 spiro atoms. The molecule has 2 rings (SSSR count). The molecule has 18 heavy (non-hydrogen) atoms. The monoisotopic (exact) mass is 270 g/mol. The molecule has 0 aromatic rings. The van der Waals surface area contributed by atoms with Crippen LogP contribution in [0.2, 0.25) is 0 Å². The summed E-state index contributed by atoms with van der Waals surface area (Å²) >= 11 is 0. The van der Waals surface area contributed by atoms with Crippen LogP contribution in [0.15, 0.2) is 0 Å². The van der Waals surface area contributed by atoms with Gasteiger partial charge in [-0.2, -0.15) is 9.57 Å². The molecule has 5 heteroatoms. The summed E-state index contributed by atoms with van der Waals surface area (Å²) in [5.41, 5.74) is -0.750. The molecule has 0 bridgehead atoms. The van der Waals surface area contributed by atoms with Crippen molar-refractivity contribution in [2.45, 2.75) is 63.3 Å². The van der Waals surface area contributed by atoms with Crippen LogP contribution >= 0.6 is 0 Å². The Kier molecular flexibility index (Phi) is 4.29. The van der Waals surface area contributed by atoms with E-state index in [1.807, 2.05) is 0 Å². The van der Waals surface area contributed by atoms with Crippen molar-refractivity contribution in [3.05, 3.63) is 0 Å². The van der Waals surface area contributed by atoms with Gasteiger partial charge in [0.05, 0.1) is 11.8 Å². The van der Waals surface area contributed by atoms with Gasteiger partial charge in [-0.1, -0.05) is 32.1 Å². The number of rotatable bonds is 1. The number of hydrogen-bond donors (Lipinski definition) is 0. The molecule has 0 aromatic carbocycles. The fourth-order valence-electron chi connectivity index (χ4n) is 3.18. The smallest absolute Gasteiger partial charge is 0.212 e. The summed E-state index contributed by atoms with van der Waals surface area (Å²) in [5.74, 6) is 0.219. The maximum atomic E-state index is 12.2. The van der Waals surface area contributed by atoms with E-state index in [-0.39, 0.29) is 5.75 Å². The normalized spacial score (nSPS) is 28.8. The van der Waals surface area contributed by atoms with Crippen molar-refractivity contribution < 1.29 is 8.42 Å². The maximum absolute atomic E-state index is 12.2. The molecule has 0 atom stereocenters. The number of hydrogen-bond acceptors (Lipinski definition) is 3. The van der Waals surface area contributed by atoms with Crippen molar-refractivity contribution in [3.8, 4) is 6.07 Å². The van der Waals surface area contributed by atoms with E-state index >= 15 is 0 Å². The lowest BCUT2D eigenvalue weighted by atomic mass is 9.85. The van der Waals surface area contributed by atoms with E-state index in [9.17, 15) is 13.7 Å². The molecular weight excluding hydrogens is 248 g/mol. The van der Waals surface area contributed by atoms with Gasteiger partial charge in [-0.05, 0) is 25.7 Å². The maximum Gasteiger partial charge on any atom is 0.215 e. The van der Waals surface area contributed by atoms with Crippen LogP contribution in [0.1, 0.15) is 57.8 Å². The first-order valence-electron chi connectivity index (χ1n) is 7.03. The topological polar surface area (TPSA) is 61.2 Å². The average molecular weight is 270 g/mol. The van der Waals surface area contributed by atoms with E-state index in [2.05, 4.69) is 6.07 Å². The zero-order valence-electron chi connectivity index (χ0n) is 10.9. The van der Waals surface area contributed by atoms with Gasteiger partial charge >= 0.3 is 0 Å². The molecular formula is C13H22N2O2S. The highest BCUT2D eigenvalue weighted by Gasteiger charge is 2.44. The van der Waals surface area contributed by atoms with Gasteiger partial charge in [0.2, 0.25) is 10.0 Å². The van der Waals surface area contributed by atoms with E-state index in [1.54, 1.807) is 0 Å². The Labute approximate surface area is 110 Å². The number of nitriles is 1. The summed E-state index contributed by atoms with van der Waals surface area (Å²) in [5, 5.41) is 9.59. The van der Waals surface area contributed by atoms with E-state index in [0.717, 1.165) is 38.5 Å². The van der Waals surface area contributed by atoms with E-state index in [1.165, 1.54) is 10.7 Å². The second-order valence-corrected chi connectivity index (χ2v) is 7.52. The summed E-state index contributed by atoms with van der Waals surface area (Å²) in [7, 11) is -3.21. The Bertz CT molecular complexity index is 417. The first-order valence-corrected chi connectivity index (χ1v) is 8.63. The SMILES string of the molecule is N#CC1(N2CCCCS2(=O)=O)CCCCCCC1. The highest BCUT2D eigenvalue weighted by molar-refractivity contribution is 7.89. The molecule has 0 unspecified atom stereocenters. The van der Waals surface area contributed by atoms with Crippen LogP contribution in [-0.2, 0) is 10.0 Å². The Balaban J connectivity index is 2.26. The zero-order chi connectivity index (χ0) is 13.1. The third-order valence-electron chi connectivity index (χ3n) is 4.22. The Morgan fingerprint density at radius 1 is 0.944 bits per heavy atom. The van der Waals surface area contributed by atoms with Crippen LogP contribution in [0.3, 0.4) is 0 Å². The second-order valence-electron chi connectivity index (χ2n) is 5.51. The third kappa shape index (κ3) is 2.70. The predicted octanol–water partition coefficient (Wildman–Crippen LogP) is 2.42. The highest BCUT2D eigenvalue weighted by Crippen LogP contribution is 2.35. The van der Waals surface area contributed by atoms with Crippen molar-refractivity contribution in [2.75, 3.05) is 12.3 Å². The Hall–Kier alpha value is -0.600. The van der Waals surface area contributed by atoms with Gasteiger partial charge in [0.15, 0.2) is 0 Å². The first-order chi connectivity index (χ1) is 8.61. The largest absolute Gasteiger partial charge is 0.215 e. The third-order valence-corrected chi connectivity index (χ3v) is 6.22. The van der Waals surface area contributed by atoms with E-state index in [0.29, 0.717) is 19.4 Å². The van der Waals surface area contributed by atoms with Gasteiger partial charge in [-0.3, -0.25) is 0 Å². The summed E-state index contributed by atoms with van der Waals surface area (Å²) in [4.78, 5) is 0. The molecule has 0 aromatic heterocycles. The quantitative estimate of drug-likeness (QED) is 0.735. The van der Waals surface area contributed by atoms with Gasteiger partial charge in [-0.25, -0.2) is 8.42 Å². The molecule has 1 heterocycles. The van der Waals surface area contributed by atoms with Crippen LogP contribution < -0.4 is 0 Å². The average Bonchev–Trinajstić information content (AvgIpc) is 2.30. The summed E-state index contributed by atoms with van der Waals surface area (Å²) in [6, 6.07) is 2.36. The summed E-state index contributed by atoms with van der Waals surface area (Å²) in [6.07, 6.45) is 8.45. The molecule has 0 N–H and O–H groups in total. The van der Waals surface area contributed by atoms with Crippen LogP contribution in [-0.4, -0.2) is 30.6 Å². The molecule has 0 radical (unpaired) electrons. The van der Waals surface area contributed by atoms with Crippen molar-refractivity contribution in [1.29, 1.82) is 5.26 Å². The minimum absolute atomic E-state index is 0.219. The van der Waals surface area contributed by atoms with E-state index < -0.39 is 15.6 Å². The van der Waals surface area contributed by atoms with Crippen molar-refractivity contribution in [1.82, 2.24) is 4.31 Å². The van der Waals surface area contributed by atoms with Gasteiger partial charge in [0.25, 0.3) is 0 Å². The molecule has 1 saturated heterocycles. The van der Waals surface area contributed by atoms with Crippen LogP contribution in [0.5, 0.6) is 0 Å². The minimum Gasteiger partial charge on any atom is -0.212 e. The van der Waals surface area contributed by atoms with Crippen molar-refractivity contribution >= 4 is 10.0 Å². The summed E-state index contributed by atoms with van der Waals surface area (Å²) < 4.78 is 26.0. The number of nitrogens with zero attached hydrogens (tertiary/aromatic N) is 2. The lowest BCUT2D eigenvalue weighted by molar-refractivity contribution is 0.190. The van der Waals surface area contributed by atoms with Crippen LogP contribution in [0.4, 0.5) is 0 Å². The van der Waals surface area contributed by atoms with Gasteiger partial charge < -0.3 is 0 Å². The zero-order valence-corrected chi connectivity index (χ0v) is 11.7. The van der Waals surface area contributed by atoms with Gasteiger partial charge in [0.1, 0.15) is 5.54 Å². The van der Waals surface area contributed by atoms with Gasteiger partial charge in [-0.15, -0.1) is 0 Å². The lowest BCUT2D eigenvalue weighted by Gasteiger charge is -2.40. The van der Waals surface area contributed by atoms with E-state index in [4.69, 9.17) is 0 Å². The predicted molar refractivity (Wildman–Crippen MR) is 70.4 cm³/mol. The molecule has 2 fully saturated rings. The number of sulfonamides is 1. The Morgan fingerprint density at radius 2 is 1.56 bits per heavy atom. The summed E-state index contributed by atoms with van der Waals surface area (Å²) in [6.45, 7) is 0.538. The molecule has 1 saturated carbocycles. The molecule has 1 aliphatic carbocycles. The first kappa shape index (κ1) is 13.8. The molecule has 2 aliphatic rings. The minimum atomic E-state index is -3.21. The highest BCUT2D eigenvalue weighted by atomic mass is 32.2. The molecule has 102 valence electrons. The standard InChI is InChI=1S/C13H22N2O2S/c14-12-13(8-4-2-1-3-5-9-13)15-10-6-7-11-18(15,16)17/h1-11H2.